The van der Waals surface area contributed by atoms with Crippen molar-refractivity contribution in [2.24, 2.45) is 5.92 Å². The molecule has 0 aromatic heterocycles. The van der Waals surface area contributed by atoms with Gasteiger partial charge in [0.15, 0.2) is 5.12 Å². The van der Waals surface area contributed by atoms with Crippen LogP contribution in [-0.2, 0) is 14.3 Å². The molecule has 0 aliphatic heterocycles. The van der Waals surface area contributed by atoms with Gasteiger partial charge in [0.2, 0.25) is 0 Å². The van der Waals surface area contributed by atoms with E-state index in [1.807, 2.05) is 0 Å². The Hall–Kier alpha value is -0.550. The van der Waals surface area contributed by atoms with E-state index in [9.17, 15) is 9.59 Å². The van der Waals surface area contributed by atoms with Gasteiger partial charge < -0.3 is 9.84 Å². The maximum Gasteiger partial charge on any atom is 0.309 e. The first-order valence-electron chi connectivity index (χ1n) is 3.98. The Labute approximate surface area is 81.6 Å². The Morgan fingerprint density at radius 1 is 1.54 bits per heavy atom. The molecule has 4 nitrogen and oxygen atoms in total. The fraction of sp³-hybridized carbons (Fsp3) is 0.750. The van der Waals surface area contributed by atoms with Crippen molar-refractivity contribution in [1.29, 1.82) is 0 Å². The van der Waals surface area contributed by atoms with E-state index in [2.05, 4.69) is 4.74 Å². The van der Waals surface area contributed by atoms with Crippen molar-refractivity contribution in [3.05, 3.63) is 0 Å². The van der Waals surface area contributed by atoms with E-state index in [-0.39, 0.29) is 30.2 Å². The van der Waals surface area contributed by atoms with Crippen LogP contribution in [0.4, 0.5) is 0 Å². The number of hydrogen-bond acceptors (Lipinski definition) is 5. The number of carbonyl (C=O) groups excluding carboxylic acids is 2. The van der Waals surface area contributed by atoms with Crippen LogP contribution >= 0.6 is 11.8 Å². The van der Waals surface area contributed by atoms with Gasteiger partial charge in [0.1, 0.15) is 6.61 Å². The number of hydrogen-bond donors (Lipinski definition) is 1. The van der Waals surface area contributed by atoms with Gasteiger partial charge in [-0.2, -0.15) is 0 Å². The molecule has 0 bridgehead atoms. The van der Waals surface area contributed by atoms with Crippen LogP contribution in [0.15, 0.2) is 0 Å². The monoisotopic (exact) mass is 206 g/mol. The summed E-state index contributed by atoms with van der Waals surface area (Å²) < 4.78 is 4.67. The lowest BCUT2D eigenvalue weighted by Gasteiger charge is -2.08. The first-order chi connectivity index (χ1) is 6.07. The summed E-state index contributed by atoms with van der Waals surface area (Å²) in [6.07, 6.45) is 0. The summed E-state index contributed by atoms with van der Waals surface area (Å²) in [5, 5.41) is 8.37. The highest BCUT2D eigenvalue weighted by molar-refractivity contribution is 8.13. The number of rotatable bonds is 5. The van der Waals surface area contributed by atoms with Crippen molar-refractivity contribution >= 4 is 22.8 Å². The summed E-state index contributed by atoms with van der Waals surface area (Å²) in [6, 6.07) is 0. The Morgan fingerprint density at radius 3 is 2.62 bits per heavy atom. The second-order valence-corrected chi connectivity index (χ2v) is 3.79. The van der Waals surface area contributed by atoms with E-state index in [0.717, 1.165) is 11.8 Å². The Kier molecular flexibility index (Phi) is 6.62. The largest absolute Gasteiger partial charge is 0.463 e. The molecule has 0 heterocycles. The van der Waals surface area contributed by atoms with Crippen LogP contribution in [0, 0.1) is 5.92 Å². The zero-order valence-electron chi connectivity index (χ0n) is 7.78. The Bertz CT molecular complexity index is 181. The molecule has 0 amide bonds. The summed E-state index contributed by atoms with van der Waals surface area (Å²) >= 11 is 1.10. The van der Waals surface area contributed by atoms with Gasteiger partial charge in [0.25, 0.3) is 0 Å². The maximum atomic E-state index is 11.1. The molecule has 0 fully saturated rings. The lowest BCUT2D eigenvalue weighted by atomic mass is 10.2. The molecule has 1 N–H and O–H groups in total. The van der Waals surface area contributed by atoms with E-state index in [1.54, 1.807) is 6.92 Å². The smallest absolute Gasteiger partial charge is 0.309 e. The summed E-state index contributed by atoms with van der Waals surface area (Å²) in [5.74, 6) is -0.247. The van der Waals surface area contributed by atoms with Gasteiger partial charge >= 0.3 is 5.97 Å². The molecule has 1 atom stereocenters. The highest BCUT2D eigenvalue weighted by Gasteiger charge is 2.14. The normalized spacial score (nSPS) is 12.2. The van der Waals surface area contributed by atoms with Gasteiger partial charge in [0.05, 0.1) is 12.5 Å². The van der Waals surface area contributed by atoms with Gasteiger partial charge in [-0.25, -0.2) is 0 Å². The summed E-state index contributed by atoms with van der Waals surface area (Å²) in [4.78, 5) is 21.6. The second-order valence-electron chi connectivity index (χ2n) is 2.59. The standard InChI is InChI=1S/C8H14O4S/c1-6(5-13-7(2)10)8(11)12-4-3-9/h6,9H,3-5H2,1-2H3. The average Bonchev–Trinajstić information content (AvgIpc) is 2.10. The molecule has 1 unspecified atom stereocenters. The first kappa shape index (κ1) is 12.4. The molecule has 0 rings (SSSR count). The second kappa shape index (κ2) is 6.91. The van der Waals surface area contributed by atoms with Gasteiger partial charge in [-0.3, -0.25) is 9.59 Å². The Balaban J connectivity index is 3.62. The molecular weight excluding hydrogens is 192 g/mol. The highest BCUT2D eigenvalue weighted by atomic mass is 32.2. The summed E-state index contributed by atoms with van der Waals surface area (Å²) in [6.45, 7) is 3.00. The molecule has 0 aromatic carbocycles. The third kappa shape index (κ3) is 6.60. The van der Waals surface area contributed by atoms with Crippen LogP contribution in [0.5, 0.6) is 0 Å². The van der Waals surface area contributed by atoms with Gasteiger partial charge in [-0.1, -0.05) is 18.7 Å². The fourth-order valence-electron chi connectivity index (χ4n) is 0.599. The van der Waals surface area contributed by atoms with E-state index in [4.69, 9.17) is 5.11 Å². The van der Waals surface area contributed by atoms with Crippen molar-refractivity contribution in [3.8, 4) is 0 Å². The highest BCUT2D eigenvalue weighted by Crippen LogP contribution is 2.10. The van der Waals surface area contributed by atoms with Crippen LogP contribution < -0.4 is 0 Å². The third-order valence-corrected chi connectivity index (χ3v) is 2.35. The lowest BCUT2D eigenvalue weighted by molar-refractivity contribution is -0.148. The number of ether oxygens (including phenoxy) is 1. The molecule has 0 spiro atoms. The van der Waals surface area contributed by atoms with Crippen LogP contribution in [0.25, 0.3) is 0 Å². The molecule has 0 aliphatic rings. The van der Waals surface area contributed by atoms with Gasteiger partial charge in [0, 0.05) is 12.7 Å². The van der Waals surface area contributed by atoms with Crippen LogP contribution in [-0.4, -0.2) is 35.2 Å². The SMILES string of the molecule is CC(=O)SCC(C)C(=O)OCCO. The molecule has 0 saturated heterocycles. The molecule has 0 radical (unpaired) electrons. The maximum absolute atomic E-state index is 11.1. The number of aliphatic hydroxyl groups excluding tert-OH is 1. The zero-order chi connectivity index (χ0) is 10.3. The molecular formula is C8H14O4S. The third-order valence-electron chi connectivity index (χ3n) is 1.27. The summed E-state index contributed by atoms with van der Waals surface area (Å²) in [5.41, 5.74) is 0. The van der Waals surface area contributed by atoms with Crippen LogP contribution in [0.1, 0.15) is 13.8 Å². The lowest BCUT2D eigenvalue weighted by Crippen LogP contribution is -2.19. The van der Waals surface area contributed by atoms with Crippen molar-refractivity contribution in [3.63, 3.8) is 0 Å². The molecule has 13 heavy (non-hydrogen) atoms. The molecule has 0 aliphatic carbocycles. The minimum absolute atomic E-state index is 0.0122. The molecule has 0 saturated carbocycles. The van der Waals surface area contributed by atoms with Gasteiger partial charge in [-0.15, -0.1) is 0 Å². The minimum Gasteiger partial charge on any atom is -0.463 e. The quantitative estimate of drug-likeness (QED) is 0.661. The zero-order valence-corrected chi connectivity index (χ0v) is 8.60. The predicted molar refractivity (Wildman–Crippen MR) is 50.3 cm³/mol. The van der Waals surface area contributed by atoms with E-state index in [1.165, 1.54) is 6.92 Å². The first-order valence-corrected chi connectivity index (χ1v) is 4.97. The average molecular weight is 206 g/mol. The molecule has 0 aromatic rings. The topological polar surface area (TPSA) is 63.6 Å². The minimum atomic E-state index is -0.372. The predicted octanol–water partition coefficient (Wildman–Crippen LogP) is 0.438. The van der Waals surface area contributed by atoms with Crippen LogP contribution in [0.3, 0.4) is 0 Å². The van der Waals surface area contributed by atoms with Crippen molar-refractivity contribution in [2.45, 2.75) is 13.8 Å². The number of esters is 1. The van der Waals surface area contributed by atoms with Crippen molar-refractivity contribution < 1.29 is 19.4 Å². The van der Waals surface area contributed by atoms with Crippen molar-refractivity contribution in [1.82, 2.24) is 0 Å². The van der Waals surface area contributed by atoms with Crippen LogP contribution in [0.2, 0.25) is 0 Å². The Morgan fingerprint density at radius 2 is 2.15 bits per heavy atom. The molecule has 76 valence electrons. The number of thioether (sulfide) groups is 1. The summed E-state index contributed by atoms with van der Waals surface area (Å²) in [7, 11) is 0. The number of carbonyl (C=O) groups is 2. The molecule has 5 heteroatoms. The van der Waals surface area contributed by atoms with E-state index >= 15 is 0 Å². The fourth-order valence-corrected chi connectivity index (χ4v) is 1.22. The van der Waals surface area contributed by atoms with E-state index in [0.29, 0.717) is 5.75 Å². The van der Waals surface area contributed by atoms with E-state index < -0.39 is 0 Å². The van der Waals surface area contributed by atoms with Gasteiger partial charge in [-0.05, 0) is 0 Å². The number of aliphatic hydroxyl groups is 1. The van der Waals surface area contributed by atoms with Crippen molar-refractivity contribution in [2.75, 3.05) is 19.0 Å².